The van der Waals surface area contributed by atoms with Crippen LogP contribution in [-0.4, -0.2) is 41.6 Å². The van der Waals surface area contributed by atoms with Crippen LogP contribution in [0.25, 0.3) is 0 Å². The molecule has 0 saturated carbocycles. The average molecular weight is 265 g/mol. The third-order valence-electron chi connectivity index (χ3n) is 2.37. The number of hydrogen-bond acceptors (Lipinski definition) is 3. The molecule has 1 aromatic carbocycles. The van der Waals surface area contributed by atoms with Crippen molar-refractivity contribution in [3.8, 4) is 5.75 Å². The monoisotopic (exact) mass is 265 g/mol. The number of ether oxygens (including phenoxy) is 1. The molecule has 0 aliphatic heterocycles. The zero-order chi connectivity index (χ0) is 14.3. The van der Waals surface area contributed by atoms with Gasteiger partial charge in [0.2, 0.25) is 0 Å². The summed E-state index contributed by atoms with van der Waals surface area (Å²) in [5.41, 5.74) is 0. The summed E-state index contributed by atoms with van der Waals surface area (Å²) in [7, 11) is 0. The molecule has 0 aromatic heterocycles. The minimum absolute atomic E-state index is 0.149. The Hall–Kier alpha value is -2.04. The predicted octanol–water partition coefficient (Wildman–Crippen LogP) is 1.63. The SMILES string of the molecule is CC(C)CN(CC(=O)O)C(=O)COc1ccccc1. The van der Waals surface area contributed by atoms with Gasteiger partial charge in [0.05, 0.1) is 0 Å². The van der Waals surface area contributed by atoms with Crippen LogP contribution in [0.2, 0.25) is 0 Å². The van der Waals surface area contributed by atoms with Crippen LogP contribution in [0.15, 0.2) is 30.3 Å². The average Bonchev–Trinajstić information content (AvgIpc) is 2.35. The number of carbonyl (C=O) groups excluding carboxylic acids is 1. The van der Waals surface area contributed by atoms with E-state index in [0.717, 1.165) is 0 Å². The number of benzene rings is 1. The Bertz CT molecular complexity index is 417. The normalized spacial score (nSPS) is 10.3. The van der Waals surface area contributed by atoms with Crippen LogP contribution < -0.4 is 4.74 Å². The molecule has 5 heteroatoms. The van der Waals surface area contributed by atoms with E-state index < -0.39 is 5.97 Å². The van der Waals surface area contributed by atoms with Crippen molar-refractivity contribution in [3.05, 3.63) is 30.3 Å². The van der Waals surface area contributed by atoms with E-state index in [1.165, 1.54) is 4.90 Å². The first-order valence-corrected chi connectivity index (χ1v) is 6.16. The van der Waals surface area contributed by atoms with Gasteiger partial charge in [0, 0.05) is 6.54 Å². The van der Waals surface area contributed by atoms with Gasteiger partial charge in [0.15, 0.2) is 6.61 Å². The zero-order valence-electron chi connectivity index (χ0n) is 11.2. The van der Waals surface area contributed by atoms with Crippen molar-refractivity contribution < 1.29 is 19.4 Å². The summed E-state index contributed by atoms with van der Waals surface area (Å²) in [6, 6.07) is 8.96. The minimum Gasteiger partial charge on any atom is -0.484 e. The number of carbonyl (C=O) groups is 2. The van der Waals surface area contributed by atoms with Gasteiger partial charge in [-0.2, -0.15) is 0 Å². The highest BCUT2D eigenvalue weighted by molar-refractivity contribution is 5.82. The third kappa shape index (κ3) is 5.90. The number of rotatable bonds is 7. The first-order valence-electron chi connectivity index (χ1n) is 6.16. The Morgan fingerprint density at radius 1 is 1.26 bits per heavy atom. The quantitative estimate of drug-likeness (QED) is 0.813. The minimum atomic E-state index is -1.02. The second-order valence-electron chi connectivity index (χ2n) is 4.66. The van der Waals surface area contributed by atoms with Gasteiger partial charge in [-0.25, -0.2) is 0 Å². The van der Waals surface area contributed by atoms with Gasteiger partial charge in [-0.15, -0.1) is 0 Å². The fourth-order valence-corrected chi connectivity index (χ4v) is 1.61. The number of para-hydroxylation sites is 1. The lowest BCUT2D eigenvalue weighted by Crippen LogP contribution is -2.40. The Balaban J connectivity index is 2.54. The van der Waals surface area contributed by atoms with E-state index >= 15 is 0 Å². The second-order valence-corrected chi connectivity index (χ2v) is 4.66. The number of nitrogens with zero attached hydrogens (tertiary/aromatic N) is 1. The Morgan fingerprint density at radius 3 is 2.42 bits per heavy atom. The van der Waals surface area contributed by atoms with Gasteiger partial charge in [-0.3, -0.25) is 9.59 Å². The largest absolute Gasteiger partial charge is 0.484 e. The van der Waals surface area contributed by atoms with Crippen LogP contribution in [0, 0.1) is 5.92 Å². The maximum absolute atomic E-state index is 11.9. The van der Waals surface area contributed by atoms with Crippen LogP contribution in [0.5, 0.6) is 5.75 Å². The molecule has 0 radical (unpaired) electrons. The highest BCUT2D eigenvalue weighted by atomic mass is 16.5. The van der Waals surface area contributed by atoms with Crippen LogP contribution in [-0.2, 0) is 9.59 Å². The molecular weight excluding hydrogens is 246 g/mol. The fraction of sp³-hybridized carbons (Fsp3) is 0.429. The summed E-state index contributed by atoms with van der Waals surface area (Å²) in [4.78, 5) is 24.0. The Labute approximate surface area is 112 Å². The summed E-state index contributed by atoms with van der Waals surface area (Å²) in [5, 5.41) is 8.80. The molecule has 5 nitrogen and oxygen atoms in total. The lowest BCUT2D eigenvalue weighted by Gasteiger charge is -2.22. The molecule has 0 unspecified atom stereocenters. The molecule has 0 spiro atoms. The summed E-state index contributed by atoms with van der Waals surface area (Å²) in [6.45, 7) is 3.82. The topological polar surface area (TPSA) is 66.8 Å². The van der Waals surface area contributed by atoms with Gasteiger partial charge < -0.3 is 14.7 Å². The van der Waals surface area contributed by atoms with Crippen LogP contribution in [0.3, 0.4) is 0 Å². The van der Waals surface area contributed by atoms with Crippen molar-refractivity contribution in [2.45, 2.75) is 13.8 Å². The number of carboxylic acid groups (broad SMARTS) is 1. The molecule has 0 bridgehead atoms. The van der Waals surface area contributed by atoms with Crippen LogP contribution in [0.4, 0.5) is 0 Å². The van der Waals surface area contributed by atoms with E-state index in [1.54, 1.807) is 12.1 Å². The van der Waals surface area contributed by atoms with Gasteiger partial charge in [-0.1, -0.05) is 32.0 Å². The molecule has 0 heterocycles. The molecule has 1 amide bonds. The maximum Gasteiger partial charge on any atom is 0.323 e. The molecular formula is C14H19NO4. The van der Waals surface area contributed by atoms with Gasteiger partial charge in [0.25, 0.3) is 5.91 Å². The summed E-state index contributed by atoms with van der Waals surface area (Å²) < 4.78 is 5.33. The lowest BCUT2D eigenvalue weighted by atomic mass is 10.2. The van der Waals surface area contributed by atoms with E-state index in [9.17, 15) is 9.59 Å². The molecule has 104 valence electrons. The molecule has 1 aromatic rings. The van der Waals surface area contributed by atoms with E-state index in [1.807, 2.05) is 32.0 Å². The fourth-order valence-electron chi connectivity index (χ4n) is 1.61. The second kappa shape index (κ2) is 7.41. The molecule has 1 rings (SSSR count). The molecule has 0 aliphatic rings. The molecule has 0 saturated heterocycles. The van der Waals surface area contributed by atoms with Crippen molar-refractivity contribution >= 4 is 11.9 Å². The number of carboxylic acids is 1. The predicted molar refractivity (Wildman–Crippen MR) is 71.0 cm³/mol. The van der Waals surface area contributed by atoms with Crippen molar-refractivity contribution in [1.82, 2.24) is 4.90 Å². The number of amides is 1. The van der Waals surface area contributed by atoms with Crippen LogP contribution >= 0.6 is 0 Å². The lowest BCUT2D eigenvalue weighted by molar-refractivity contribution is -0.145. The Kier molecular flexibility index (Phi) is 5.85. The first kappa shape index (κ1) is 15.0. The number of hydrogen-bond donors (Lipinski definition) is 1. The Morgan fingerprint density at radius 2 is 1.89 bits per heavy atom. The van der Waals surface area contributed by atoms with Gasteiger partial charge in [-0.05, 0) is 18.1 Å². The molecule has 1 N–H and O–H groups in total. The third-order valence-corrected chi connectivity index (χ3v) is 2.37. The smallest absolute Gasteiger partial charge is 0.323 e. The number of aliphatic carboxylic acids is 1. The van der Waals surface area contributed by atoms with Gasteiger partial charge in [0.1, 0.15) is 12.3 Å². The van der Waals surface area contributed by atoms with Crippen molar-refractivity contribution in [2.75, 3.05) is 19.7 Å². The van der Waals surface area contributed by atoms with E-state index in [2.05, 4.69) is 0 Å². The molecule has 0 aliphatic carbocycles. The van der Waals surface area contributed by atoms with Gasteiger partial charge >= 0.3 is 5.97 Å². The highest BCUT2D eigenvalue weighted by Gasteiger charge is 2.18. The molecule has 0 fully saturated rings. The van der Waals surface area contributed by atoms with E-state index in [-0.39, 0.29) is 25.0 Å². The van der Waals surface area contributed by atoms with E-state index in [4.69, 9.17) is 9.84 Å². The highest BCUT2D eigenvalue weighted by Crippen LogP contribution is 2.08. The standard InChI is InChI=1S/C14H19NO4/c1-11(2)8-15(9-14(17)18)13(16)10-19-12-6-4-3-5-7-12/h3-7,11H,8-10H2,1-2H3,(H,17,18). The first-order chi connectivity index (χ1) is 8.99. The van der Waals surface area contributed by atoms with Crippen molar-refractivity contribution in [3.63, 3.8) is 0 Å². The zero-order valence-corrected chi connectivity index (χ0v) is 11.2. The summed E-state index contributed by atoms with van der Waals surface area (Å²) >= 11 is 0. The van der Waals surface area contributed by atoms with Crippen molar-refractivity contribution in [2.24, 2.45) is 5.92 Å². The van der Waals surface area contributed by atoms with Crippen LogP contribution in [0.1, 0.15) is 13.8 Å². The van der Waals surface area contributed by atoms with E-state index in [0.29, 0.717) is 12.3 Å². The maximum atomic E-state index is 11.9. The summed E-state index contributed by atoms with van der Waals surface area (Å²) in [5.74, 6) is -0.538. The molecule has 0 atom stereocenters. The van der Waals surface area contributed by atoms with Crippen molar-refractivity contribution in [1.29, 1.82) is 0 Å². The summed E-state index contributed by atoms with van der Waals surface area (Å²) in [6.07, 6.45) is 0. The molecule has 19 heavy (non-hydrogen) atoms.